The van der Waals surface area contributed by atoms with Gasteiger partial charge in [0.1, 0.15) is 0 Å². The second-order valence-electron chi connectivity index (χ2n) is 6.12. The van der Waals surface area contributed by atoms with Crippen LogP contribution in [0.4, 0.5) is 11.4 Å². The fourth-order valence-corrected chi connectivity index (χ4v) is 2.19. The number of carbonyl (C=O) groups is 1. The van der Waals surface area contributed by atoms with Gasteiger partial charge in [0.15, 0.2) is 0 Å². The number of nitrogens with zero attached hydrogens (tertiary/aromatic N) is 2. The maximum atomic E-state index is 11.1. The normalized spacial score (nSPS) is 11.2. The van der Waals surface area contributed by atoms with Gasteiger partial charge in [-0.25, -0.2) is 4.79 Å². The molecule has 1 aromatic carbocycles. The average molecular weight is 280 g/mol. The second kappa shape index (κ2) is 5.48. The molecule has 0 saturated carbocycles. The number of anilines is 1. The van der Waals surface area contributed by atoms with Crippen molar-refractivity contribution in [3.63, 3.8) is 0 Å². The van der Waals surface area contributed by atoms with E-state index in [1.54, 1.807) is 6.92 Å². The van der Waals surface area contributed by atoms with E-state index in [0.717, 1.165) is 6.07 Å². The molecule has 110 valence electrons. The van der Waals surface area contributed by atoms with Crippen LogP contribution < -0.4 is 4.90 Å². The van der Waals surface area contributed by atoms with E-state index in [9.17, 15) is 14.9 Å². The Kier molecular flexibility index (Phi) is 4.37. The topological polar surface area (TPSA) is 83.7 Å². The number of nitro benzene ring substituents is 1. The molecule has 0 atom stereocenters. The van der Waals surface area contributed by atoms with Crippen molar-refractivity contribution in [2.75, 3.05) is 18.5 Å². The summed E-state index contributed by atoms with van der Waals surface area (Å²) in [6.07, 6.45) is 0. The summed E-state index contributed by atoms with van der Waals surface area (Å²) in [5, 5.41) is 20.1. The molecule has 0 aliphatic rings. The number of hydrogen-bond acceptors (Lipinski definition) is 4. The highest BCUT2D eigenvalue weighted by Crippen LogP contribution is 2.31. The molecule has 0 amide bonds. The van der Waals surface area contributed by atoms with E-state index in [2.05, 4.69) is 0 Å². The smallest absolute Gasteiger partial charge is 0.336 e. The van der Waals surface area contributed by atoms with Crippen molar-refractivity contribution < 1.29 is 14.8 Å². The fraction of sp³-hybridized carbons (Fsp3) is 0.500. The predicted octanol–water partition coefficient (Wildman–Crippen LogP) is 3.08. The lowest BCUT2D eigenvalue weighted by Crippen LogP contribution is -2.29. The number of hydrogen-bond donors (Lipinski definition) is 1. The molecule has 6 nitrogen and oxygen atoms in total. The van der Waals surface area contributed by atoms with Crippen molar-refractivity contribution in [1.82, 2.24) is 0 Å². The van der Waals surface area contributed by atoms with Crippen molar-refractivity contribution in [1.29, 1.82) is 0 Å². The molecule has 0 bridgehead atoms. The van der Waals surface area contributed by atoms with Crippen LogP contribution in [-0.2, 0) is 0 Å². The largest absolute Gasteiger partial charge is 0.478 e. The first-order valence-electron chi connectivity index (χ1n) is 6.26. The molecular weight excluding hydrogens is 260 g/mol. The van der Waals surface area contributed by atoms with Gasteiger partial charge in [-0.1, -0.05) is 20.8 Å². The zero-order valence-corrected chi connectivity index (χ0v) is 12.4. The molecule has 1 aromatic rings. The van der Waals surface area contributed by atoms with Crippen LogP contribution in [-0.4, -0.2) is 29.6 Å². The van der Waals surface area contributed by atoms with Gasteiger partial charge in [-0.3, -0.25) is 10.1 Å². The Morgan fingerprint density at radius 3 is 2.35 bits per heavy atom. The van der Waals surface area contributed by atoms with Crippen molar-refractivity contribution in [3.05, 3.63) is 33.4 Å². The lowest BCUT2D eigenvalue weighted by molar-refractivity contribution is -0.385. The maximum absolute atomic E-state index is 11.1. The van der Waals surface area contributed by atoms with Gasteiger partial charge in [0.2, 0.25) is 0 Å². The molecule has 1 N–H and O–H groups in total. The number of aromatic carboxylic acids is 1. The summed E-state index contributed by atoms with van der Waals surface area (Å²) in [6, 6.07) is 2.59. The quantitative estimate of drug-likeness (QED) is 0.676. The summed E-state index contributed by atoms with van der Waals surface area (Å²) in [4.78, 5) is 23.5. The Labute approximate surface area is 118 Å². The summed E-state index contributed by atoms with van der Waals surface area (Å²) in [5.74, 6) is -1.17. The highest BCUT2D eigenvalue weighted by molar-refractivity contribution is 5.90. The molecule has 20 heavy (non-hydrogen) atoms. The summed E-state index contributed by atoms with van der Waals surface area (Å²) in [6.45, 7) is 8.45. The minimum Gasteiger partial charge on any atom is -0.478 e. The van der Waals surface area contributed by atoms with E-state index in [4.69, 9.17) is 5.11 Å². The van der Waals surface area contributed by atoms with E-state index in [1.165, 1.54) is 6.07 Å². The predicted molar refractivity (Wildman–Crippen MR) is 77.5 cm³/mol. The molecule has 0 aliphatic carbocycles. The molecule has 6 heteroatoms. The lowest BCUT2D eigenvalue weighted by Gasteiger charge is -2.29. The van der Waals surface area contributed by atoms with Crippen molar-refractivity contribution in [3.8, 4) is 0 Å². The van der Waals surface area contributed by atoms with Gasteiger partial charge in [-0.15, -0.1) is 0 Å². The second-order valence-corrected chi connectivity index (χ2v) is 6.12. The molecule has 0 heterocycles. The average Bonchev–Trinajstić information content (AvgIpc) is 2.25. The molecule has 0 fully saturated rings. The van der Waals surface area contributed by atoms with Crippen LogP contribution in [0.3, 0.4) is 0 Å². The van der Waals surface area contributed by atoms with Gasteiger partial charge in [-0.2, -0.15) is 0 Å². The van der Waals surface area contributed by atoms with Crippen LogP contribution in [0.1, 0.15) is 36.7 Å². The number of rotatable bonds is 4. The first-order chi connectivity index (χ1) is 9.03. The Hall–Kier alpha value is -2.11. The standard InChI is InChI=1S/C14H20N2O4/c1-9-11(15(5)8-14(2,3)4)6-10(13(17)18)7-12(9)16(19)20/h6-7H,8H2,1-5H3,(H,17,18). The van der Waals surface area contributed by atoms with Crippen LogP contribution in [0.5, 0.6) is 0 Å². The molecule has 0 radical (unpaired) electrons. The number of benzene rings is 1. The first-order valence-corrected chi connectivity index (χ1v) is 6.26. The van der Waals surface area contributed by atoms with Crippen LogP contribution in [0.25, 0.3) is 0 Å². The fourth-order valence-electron chi connectivity index (χ4n) is 2.19. The summed E-state index contributed by atoms with van der Waals surface area (Å²) >= 11 is 0. The molecule has 1 rings (SSSR count). The van der Waals surface area contributed by atoms with Crippen molar-refractivity contribution >= 4 is 17.3 Å². The van der Waals surface area contributed by atoms with Gasteiger partial charge in [0.05, 0.1) is 16.1 Å². The third kappa shape index (κ3) is 3.69. The van der Waals surface area contributed by atoms with Crippen LogP contribution in [0, 0.1) is 22.5 Å². The molecule has 0 unspecified atom stereocenters. The van der Waals surface area contributed by atoms with Gasteiger partial charge < -0.3 is 10.0 Å². The number of carboxylic acids is 1. The molecule has 0 aromatic heterocycles. The third-order valence-electron chi connectivity index (χ3n) is 2.92. The lowest BCUT2D eigenvalue weighted by atomic mass is 9.95. The molecule has 0 aliphatic heterocycles. The summed E-state index contributed by atoms with van der Waals surface area (Å²) in [7, 11) is 1.81. The van der Waals surface area contributed by atoms with E-state index in [-0.39, 0.29) is 16.7 Å². The van der Waals surface area contributed by atoms with Gasteiger partial charge in [-0.05, 0) is 18.4 Å². The summed E-state index contributed by atoms with van der Waals surface area (Å²) in [5.41, 5.74) is 0.812. The van der Waals surface area contributed by atoms with Crippen molar-refractivity contribution in [2.24, 2.45) is 5.41 Å². The molecule has 0 saturated heterocycles. The minimum absolute atomic E-state index is 0.00476. The summed E-state index contributed by atoms with van der Waals surface area (Å²) < 4.78 is 0. The Bertz CT molecular complexity index is 547. The van der Waals surface area contributed by atoms with Crippen LogP contribution in [0.2, 0.25) is 0 Å². The zero-order chi connectivity index (χ0) is 15.7. The van der Waals surface area contributed by atoms with E-state index >= 15 is 0 Å². The Morgan fingerprint density at radius 1 is 1.40 bits per heavy atom. The third-order valence-corrected chi connectivity index (χ3v) is 2.92. The molecular formula is C14H20N2O4. The van der Waals surface area contributed by atoms with E-state index in [1.807, 2.05) is 32.7 Å². The highest BCUT2D eigenvalue weighted by Gasteiger charge is 2.23. The Morgan fingerprint density at radius 2 is 1.95 bits per heavy atom. The number of nitro groups is 1. The Balaban J connectivity index is 3.37. The first kappa shape index (κ1) is 15.9. The molecule has 0 spiro atoms. The maximum Gasteiger partial charge on any atom is 0.336 e. The number of carboxylic acid groups (broad SMARTS) is 1. The van der Waals surface area contributed by atoms with Crippen LogP contribution >= 0.6 is 0 Å². The minimum atomic E-state index is -1.17. The SMILES string of the molecule is Cc1c(N(C)CC(C)(C)C)cc(C(=O)O)cc1[N+](=O)[O-]. The van der Waals surface area contributed by atoms with Gasteiger partial charge in [0, 0.05) is 25.3 Å². The van der Waals surface area contributed by atoms with E-state index in [0.29, 0.717) is 17.8 Å². The highest BCUT2D eigenvalue weighted by atomic mass is 16.6. The zero-order valence-electron chi connectivity index (χ0n) is 12.4. The van der Waals surface area contributed by atoms with Gasteiger partial charge in [0.25, 0.3) is 5.69 Å². The van der Waals surface area contributed by atoms with Crippen molar-refractivity contribution in [2.45, 2.75) is 27.7 Å². The monoisotopic (exact) mass is 280 g/mol. The van der Waals surface area contributed by atoms with Gasteiger partial charge >= 0.3 is 5.97 Å². The van der Waals surface area contributed by atoms with Crippen LogP contribution in [0.15, 0.2) is 12.1 Å². The van der Waals surface area contributed by atoms with E-state index < -0.39 is 10.9 Å².